The normalized spacial score (nSPS) is 32.2. The third-order valence-corrected chi connectivity index (χ3v) is 3.91. The molecule has 2 amide bonds. The molecular weight excluding hydrogens is 216 g/mol. The molecule has 2 N–H and O–H groups in total. The Hall–Kier alpha value is -1.32. The Bertz CT molecular complexity index is 325. The Labute approximate surface area is 102 Å². The number of amides is 2. The van der Waals surface area contributed by atoms with Crippen molar-refractivity contribution in [3.8, 4) is 0 Å². The van der Waals surface area contributed by atoms with Gasteiger partial charge in [0.2, 0.25) is 11.8 Å². The van der Waals surface area contributed by atoms with E-state index in [1.807, 2.05) is 0 Å². The number of hydrogen-bond donors (Lipinski definition) is 2. The highest BCUT2D eigenvalue weighted by Crippen LogP contribution is 2.38. The largest absolute Gasteiger partial charge is 0.356 e. The summed E-state index contributed by atoms with van der Waals surface area (Å²) in [6, 6.07) is 0. The molecule has 0 aromatic carbocycles. The van der Waals surface area contributed by atoms with Crippen LogP contribution in [0.5, 0.6) is 0 Å². The maximum atomic E-state index is 12.0. The number of rotatable bonds is 3. The first-order valence-electron chi connectivity index (χ1n) is 6.40. The smallest absolute Gasteiger partial charge is 0.224 e. The van der Waals surface area contributed by atoms with Gasteiger partial charge in [0.15, 0.2) is 0 Å². The molecule has 0 spiro atoms. The zero-order valence-electron chi connectivity index (χ0n) is 10.1. The van der Waals surface area contributed by atoms with Crippen LogP contribution in [0.15, 0.2) is 12.7 Å². The molecule has 1 aliphatic heterocycles. The van der Waals surface area contributed by atoms with Crippen molar-refractivity contribution in [1.29, 1.82) is 0 Å². The maximum Gasteiger partial charge on any atom is 0.224 e. The molecule has 3 atom stereocenters. The highest BCUT2D eigenvalue weighted by molar-refractivity contribution is 5.88. The molecular formula is C13H20N2O2. The van der Waals surface area contributed by atoms with Crippen LogP contribution in [0.4, 0.5) is 0 Å². The summed E-state index contributed by atoms with van der Waals surface area (Å²) in [6.45, 7) is 4.83. The highest BCUT2D eigenvalue weighted by atomic mass is 16.2. The molecule has 2 aliphatic rings. The summed E-state index contributed by atoms with van der Waals surface area (Å²) >= 11 is 0. The van der Waals surface area contributed by atoms with Gasteiger partial charge in [-0.1, -0.05) is 12.5 Å². The van der Waals surface area contributed by atoms with E-state index in [9.17, 15) is 9.59 Å². The van der Waals surface area contributed by atoms with E-state index in [2.05, 4.69) is 17.2 Å². The molecule has 1 saturated carbocycles. The Kier molecular flexibility index (Phi) is 3.82. The Morgan fingerprint density at radius 2 is 2.29 bits per heavy atom. The highest BCUT2D eigenvalue weighted by Gasteiger charge is 2.43. The molecule has 1 aliphatic carbocycles. The minimum atomic E-state index is -0.144. The van der Waals surface area contributed by atoms with E-state index >= 15 is 0 Å². The van der Waals surface area contributed by atoms with Crippen molar-refractivity contribution in [2.75, 3.05) is 13.1 Å². The Morgan fingerprint density at radius 1 is 1.47 bits per heavy atom. The predicted molar refractivity (Wildman–Crippen MR) is 65.2 cm³/mol. The average molecular weight is 236 g/mol. The van der Waals surface area contributed by atoms with Gasteiger partial charge < -0.3 is 10.6 Å². The average Bonchev–Trinajstić information content (AvgIpc) is 2.35. The molecule has 0 aromatic rings. The van der Waals surface area contributed by atoms with E-state index in [0.717, 1.165) is 32.2 Å². The Balaban J connectivity index is 2.06. The first kappa shape index (κ1) is 12.1. The van der Waals surface area contributed by atoms with Crippen LogP contribution >= 0.6 is 0 Å². The molecule has 17 heavy (non-hydrogen) atoms. The van der Waals surface area contributed by atoms with Gasteiger partial charge in [0, 0.05) is 19.0 Å². The molecule has 1 saturated heterocycles. The van der Waals surface area contributed by atoms with Gasteiger partial charge in [0.05, 0.1) is 5.92 Å². The van der Waals surface area contributed by atoms with Gasteiger partial charge in [-0.25, -0.2) is 0 Å². The van der Waals surface area contributed by atoms with Gasteiger partial charge in [-0.05, 0) is 25.2 Å². The zero-order chi connectivity index (χ0) is 12.3. The molecule has 94 valence electrons. The molecule has 2 fully saturated rings. The third kappa shape index (κ3) is 2.51. The standard InChI is InChI=1S/C13H20N2O2/c1-2-7-14-12(16)10-5-3-4-9-6-8-15-13(17)11(9)10/h2,9-11H,1,3-8H2,(H,14,16)(H,15,17). The van der Waals surface area contributed by atoms with E-state index in [1.54, 1.807) is 6.08 Å². The lowest BCUT2D eigenvalue weighted by molar-refractivity contribution is -0.141. The van der Waals surface area contributed by atoms with E-state index in [4.69, 9.17) is 0 Å². The van der Waals surface area contributed by atoms with Crippen LogP contribution in [0.2, 0.25) is 0 Å². The van der Waals surface area contributed by atoms with Crippen molar-refractivity contribution < 1.29 is 9.59 Å². The summed E-state index contributed by atoms with van der Waals surface area (Å²) in [5.41, 5.74) is 0. The second-order valence-corrected chi connectivity index (χ2v) is 4.94. The number of hydrogen-bond acceptors (Lipinski definition) is 2. The molecule has 0 bridgehead atoms. The third-order valence-electron chi connectivity index (χ3n) is 3.91. The maximum absolute atomic E-state index is 12.0. The Morgan fingerprint density at radius 3 is 3.06 bits per heavy atom. The van der Waals surface area contributed by atoms with Gasteiger partial charge in [-0.3, -0.25) is 9.59 Å². The van der Waals surface area contributed by atoms with Gasteiger partial charge in [0.25, 0.3) is 0 Å². The predicted octanol–water partition coefficient (Wildman–Crippen LogP) is 0.841. The summed E-state index contributed by atoms with van der Waals surface area (Å²) in [5.74, 6) is 0.227. The van der Waals surface area contributed by atoms with Gasteiger partial charge in [0.1, 0.15) is 0 Å². The van der Waals surface area contributed by atoms with Gasteiger partial charge in [-0.2, -0.15) is 0 Å². The zero-order valence-corrected chi connectivity index (χ0v) is 10.1. The van der Waals surface area contributed by atoms with Crippen LogP contribution in [0.3, 0.4) is 0 Å². The number of nitrogens with one attached hydrogen (secondary N) is 2. The monoisotopic (exact) mass is 236 g/mol. The summed E-state index contributed by atoms with van der Waals surface area (Å²) in [5, 5.41) is 5.70. The van der Waals surface area contributed by atoms with E-state index in [0.29, 0.717) is 12.5 Å². The molecule has 4 heteroatoms. The summed E-state index contributed by atoms with van der Waals surface area (Å²) < 4.78 is 0. The minimum Gasteiger partial charge on any atom is -0.356 e. The summed E-state index contributed by atoms with van der Waals surface area (Å²) in [7, 11) is 0. The fraction of sp³-hybridized carbons (Fsp3) is 0.692. The first-order valence-corrected chi connectivity index (χ1v) is 6.40. The van der Waals surface area contributed by atoms with Crippen molar-refractivity contribution in [3.05, 3.63) is 12.7 Å². The van der Waals surface area contributed by atoms with Crippen LogP contribution in [0.25, 0.3) is 0 Å². The van der Waals surface area contributed by atoms with Crippen molar-refractivity contribution in [3.63, 3.8) is 0 Å². The topological polar surface area (TPSA) is 58.2 Å². The molecule has 0 aromatic heterocycles. The van der Waals surface area contributed by atoms with Crippen LogP contribution < -0.4 is 10.6 Å². The molecule has 2 rings (SSSR count). The van der Waals surface area contributed by atoms with Crippen LogP contribution in [-0.4, -0.2) is 24.9 Å². The lowest BCUT2D eigenvalue weighted by Gasteiger charge is -2.39. The lowest BCUT2D eigenvalue weighted by Crippen LogP contribution is -2.51. The van der Waals surface area contributed by atoms with Crippen LogP contribution in [0, 0.1) is 17.8 Å². The number of carbonyl (C=O) groups excluding carboxylic acids is 2. The van der Waals surface area contributed by atoms with E-state index in [-0.39, 0.29) is 23.7 Å². The second-order valence-electron chi connectivity index (χ2n) is 4.94. The summed E-state index contributed by atoms with van der Waals surface area (Å²) in [4.78, 5) is 23.9. The fourth-order valence-electron chi connectivity index (χ4n) is 3.10. The molecule has 0 radical (unpaired) electrons. The first-order chi connectivity index (χ1) is 8.24. The number of fused-ring (bicyclic) bond motifs is 1. The van der Waals surface area contributed by atoms with Crippen LogP contribution in [0.1, 0.15) is 25.7 Å². The van der Waals surface area contributed by atoms with Crippen molar-refractivity contribution in [2.24, 2.45) is 17.8 Å². The van der Waals surface area contributed by atoms with Crippen molar-refractivity contribution in [1.82, 2.24) is 10.6 Å². The quantitative estimate of drug-likeness (QED) is 0.713. The van der Waals surface area contributed by atoms with Crippen LogP contribution in [-0.2, 0) is 9.59 Å². The molecule has 3 unspecified atom stereocenters. The minimum absolute atomic E-state index is 0.0108. The van der Waals surface area contributed by atoms with E-state index in [1.165, 1.54) is 0 Å². The van der Waals surface area contributed by atoms with Gasteiger partial charge >= 0.3 is 0 Å². The molecule has 1 heterocycles. The van der Waals surface area contributed by atoms with E-state index < -0.39 is 0 Å². The van der Waals surface area contributed by atoms with Crippen molar-refractivity contribution in [2.45, 2.75) is 25.7 Å². The lowest BCUT2D eigenvalue weighted by atomic mass is 9.68. The fourth-order valence-corrected chi connectivity index (χ4v) is 3.10. The SMILES string of the molecule is C=CCNC(=O)C1CCCC2CCNC(=O)C21. The number of piperidine rings is 1. The summed E-state index contributed by atoms with van der Waals surface area (Å²) in [6.07, 6.45) is 5.66. The van der Waals surface area contributed by atoms with Crippen molar-refractivity contribution >= 4 is 11.8 Å². The second kappa shape index (κ2) is 5.34. The van der Waals surface area contributed by atoms with Gasteiger partial charge in [-0.15, -0.1) is 6.58 Å². The molecule has 4 nitrogen and oxygen atoms in total. The number of carbonyl (C=O) groups is 2.